The smallest absolute Gasteiger partial charge is 0.265 e. The van der Waals surface area contributed by atoms with E-state index in [-0.39, 0.29) is 41.5 Å². The number of carbonyl (C=O) groups excluding carboxylic acids is 2. The zero-order chi connectivity index (χ0) is 16.3. The molecule has 1 aliphatic rings. The number of halogens is 1. The van der Waals surface area contributed by atoms with Crippen LogP contribution in [0, 0.1) is 0 Å². The Kier molecular flexibility index (Phi) is 6.57. The molecule has 1 saturated heterocycles. The highest BCUT2D eigenvalue weighted by Gasteiger charge is 2.25. The normalized spacial score (nSPS) is 18.3. The molecule has 1 aliphatic heterocycles. The number of primary amides is 1. The quantitative estimate of drug-likeness (QED) is 0.510. The van der Waals surface area contributed by atoms with Crippen LogP contribution in [-0.4, -0.2) is 62.3 Å². The number of nitrogens with one attached hydrogen (secondary N) is 3. The fraction of sp³-hybridized carbons (Fsp3) is 0.500. The maximum absolute atomic E-state index is 12.1. The topological polar surface area (TPSA) is 137 Å². The summed E-state index contributed by atoms with van der Waals surface area (Å²) in [7, 11) is -3.88. The molecule has 130 valence electrons. The fourth-order valence-corrected chi connectivity index (χ4v) is 3.19. The zero-order valence-electron chi connectivity index (χ0n) is 12.5. The second-order valence-corrected chi connectivity index (χ2v) is 6.85. The molecule has 1 fully saturated rings. The van der Waals surface area contributed by atoms with Crippen molar-refractivity contribution in [2.24, 2.45) is 5.73 Å². The van der Waals surface area contributed by atoms with Gasteiger partial charge in [-0.05, 0) is 13.0 Å². The molecule has 5 N–H and O–H groups in total. The van der Waals surface area contributed by atoms with Crippen molar-refractivity contribution in [3.05, 3.63) is 18.0 Å². The van der Waals surface area contributed by atoms with Gasteiger partial charge in [0.15, 0.2) is 0 Å². The van der Waals surface area contributed by atoms with Gasteiger partial charge in [0.05, 0.1) is 6.54 Å². The summed E-state index contributed by atoms with van der Waals surface area (Å²) >= 11 is 0. The van der Waals surface area contributed by atoms with E-state index in [9.17, 15) is 18.0 Å². The van der Waals surface area contributed by atoms with Gasteiger partial charge in [-0.1, -0.05) is 0 Å². The Labute approximate surface area is 140 Å². The Balaban J connectivity index is 0.00000264. The molecule has 1 aromatic rings. The summed E-state index contributed by atoms with van der Waals surface area (Å²) in [6.45, 7) is 3.46. The molecule has 11 heteroatoms. The van der Waals surface area contributed by atoms with Crippen LogP contribution >= 0.6 is 12.4 Å². The van der Waals surface area contributed by atoms with E-state index in [4.69, 9.17) is 5.73 Å². The molecule has 0 radical (unpaired) electrons. The molecule has 2 amide bonds. The summed E-state index contributed by atoms with van der Waals surface area (Å²) in [6.07, 6.45) is 1.15. The highest BCUT2D eigenvalue weighted by atomic mass is 35.5. The first-order valence-corrected chi connectivity index (χ1v) is 8.27. The van der Waals surface area contributed by atoms with Crippen LogP contribution in [-0.2, 0) is 14.8 Å². The van der Waals surface area contributed by atoms with Crippen molar-refractivity contribution in [3.63, 3.8) is 0 Å². The first-order valence-electron chi connectivity index (χ1n) is 6.79. The van der Waals surface area contributed by atoms with Gasteiger partial charge >= 0.3 is 0 Å². The van der Waals surface area contributed by atoms with Gasteiger partial charge in [-0.3, -0.25) is 9.59 Å². The molecule has 0 spiro atoms. The van der Waals surface area contributed by atoms with Gasteiger partial charge in [0.25, 0.3) is 5.91 Å². The van der Waals surface area contributed by atoms with Gasteiger partial charge in [-0.25, -0.2) is 13.1 Å². The molecule has 2 heterocycles. The van der Waals surface area contributed by atoms with Crippen molar-refractivity contribution in [3.8, 4) is 0 Å². The average Bonchev–Trinajstić information content (AvgIpc) is 2.96. The number of piperazine rings is 1. The molecule has 0 saturated carbocycles. The summed E-state index contributed by atoms with van der Waals surface area (Å²) in [5.41, 5.74) is 5.04. The van der Waals surface area contributed by atoms with Gasteiger partial charge in [-0.15, -0.1) is 12.4 Å². The van der Waals surface area contributed by atoms with E-state index < -0.39 is 15.9 Å². The third kappa shape index (κ3) is 4.67. The number of carbonyl (C=O) groups is 2. The Morgan fingerprint density at radius 2 is 2.17 bits per heavy atom. The molecule has 2 rings (SSSR count). The summed E-state index contributed by atoms with van der Waals surface area (Å²) in [6, 6.07) is 1.14. The van der Waals surface area contributed by atoms with Gasteiger partial charge in [0.1, 0.15) is 10.6 Å². The minimum atomic E-state index is -3.88. The van der Waals surface area contributed by atoms with Crippen molar-refractivity contribution < 1.29 is 18.0 Å². The standard InChI is InChI=1S/C12H19N5O4S.ClH/c1-8-5-14-2-3-17(8)11(18)7-16-22(20,21)9-4-10(12(13)19)15-6-9;/h4,6,8,14-16H,2-3,5,7H2,1H3,(H2,13,19);1H/t8-;/m1./s1. The SMILES string of the molecule is C[C@@H]1CNCCN1C(=O)CNS(=O)(=O)c1c[nH]c(C(N)=O)c1.Cl. The van der Waals surface area contributed by atoms with Crippen LogP contribution in [0.15, 0.2) is 17.2 Å². The number of sulfonamides is 1. The van der Waals surface area contributed by atoms with Crippen LogP contribution in [0.4, 0.5) is 0 Å². The lowest BCUT2D eigenvalue weighted by Gasteiger charge is -2.34. The summed E-state index contributed by atoms with van der Waals surface area (Å²) < 4.78 is 26.4. The molecule has 0 aromatic carbocycles. The zero-order valence-corrected chi connectivity index (χ0v) is 14.2. The lowest BCUT2D eigenvalue weighted by atomic mass is 10.2. The number of nitrogens with zero attached hydrogens (tertiary/aromatic N) is 1. The van der Waals surface area contributed by atoms with Gasteiger partial charge in [0, 0.05) is 31.9 Å². The first-order chi connectivity index (χ1) is 10.3. The summed E-state index contributed by atoms with van der Waals surface area (Å²) in [5.74, 6) is -1.05. The monoisotopic (exact) mass is 365 g/mol. The minimum absolute atomic E-state index is 0. The van der Waals surface area contributed by atoms with Gasteiger partial charge < -0.3 is 20.9 Å². The number of nitrogens with two attached hydrogens (primary N) is 1. The third-order valence-corrected chi connectivity index (χ3v) is 4.85. The van der Waals surface area contributed by atoms with Crippen molar-refractivity contribution in [2.45, 2.75) is 17.9 Å². The molecule has 23 heavy (non-hydrogen) atoms. The Morgan fingerprint density at radius 3 is 2.74 bits per heavy atom. The maximum Gasteiger partial charge on any atom is 0.265 e. The number of aromatic amines is 1. The van der Waals surface area contributed by atoms with Gasteiger partial charge in [0.2, 0.25) is 15.9 Å². The molecule has 0 unspecified atom stereocenters. The summed E-state index contributed by atoms with van der Waals surface area (Å²) in [4.78, 5) is 27.0. The lowest BCUT2D eigenvalue weighted by Crippen LogP contribution is -2.54. The van der Waals surface area contributed by atoms with E-state index in [1.54, 1.807) is 4.90 Å². The Hall–Kier alpha value is -1.62. The second kappa shape index (κ2) is 7.77. The molecule has 1 aromatic heterocycles. The number of H-pyrrole nitrogens is 1. The molecule has 0 bridgehead atoms. The van der Waals surface area contributed by atoms with Crippen LogP contribution in [0.5, 0.6) is 0 Å². The van der Waals surface area contributed by atoms with E-state index in [1.807, 2.05) is 6.92 Å². The molecule has 0 aliphatic carbocycles. The molecule has 1 atom stereocenters. The number of amides is 2. The van der Waals surface area contributed by atoms with Crippen molar-refractivity contribution >= 4 is 34.2 Å². The highest BCUT2D eigenvalue weighted by Crippen LogP contribution is 2.10. The maximum atomic E-state index is 12.1. The predicted molar refractivity (Wildman–Crippen MR) is 85.8 cm³/mol. The van der Waals surface area contributed by atoms with Crippen LogP contribution in [0.3, 0.4) is 0 Å². The van der Waals surface area contributed by atoms with Crippen LogP contribution in [0.25, 0.3) is 0 Å². The largest absolute Gasteiger partial charge is 0.364 e. The van der Waals surface area contributed by atoms with E-state index in [0.29, 0.717) is 19.6 Å². The van der Waals surface area contributed by atoms with Crippen molar-refractivity contribution in [1.29, 1.82) is 0 Å². The number of aromatic nitrogens is 1. The predicted octanol–water partition coefficient (Wildman–Crippen LogP) is -1.37. The van der Waals surface area contributed by atoms with Crippen LogP contribution in [0.1, 0.15) is 17.4 Å². The highest BCUT2D eigenvalue weighted by molar-refractivity contribution is 7.89. The number of rotatable bonds is 5. The van der Waals surface area contributed by atoms with Crippen LogP contribution in [0.2, 0.25) is 0 Å². The van der Waals surface area contributed by atoms with Crippen molar-refractivity contribution in [2.75, 3.05) is 26.2 Å². The number of hydrogen-bond acceptors (Lipinski definition) is 5. The van der Waals surface area contributed by atoms with Gasteiger partial charge in [-0.2, -0.15) is 0 Å². The van der Waals surface area contributed by atoms with E-state index in [0.717, 1.165) is 12.3 Å². The van der Waals surface area contributed by atoms with E-state index in [2.05, 4.69) is 15.0 Å². The first kappa shape index (κ1) is 19.4. The Morgan fingerprint density at radius 1 is 1.48 bits per heavy atom. The Bertz CT molecular complexity index is 675. The third-order valence-electron chi connectivity index (χ3n) is 3.47. The molecular formula is C12H20ClN5O4S. The summed E-state index contributed by atoms with van der Waals surface area (Å²) in [5, 5.41) is 3.15. The molecule has 9 nitrogen and oxygen atoms in total. The fourth-order valence-electron chi connectivity index (χ4n) is 2.23. The lowest BCUT2D eigenvalue weighted by molar-refractivity contribution is -0.132. The second-order valence-electron chi connectivity index (χ2n) is 5.08. The minimum Gasteiger partial charge on any atom is -0.364 e. The van der Waals surface area contributed by atoms with E-state index in [1.165, 1.54) is 0 Å². The van der Waals surface area contributed by atoms with Crippen LogP contribution < -0.4 is 15.8 Å². The van der Waals surface area contributed by atoms with E-state index >= 15 is 0 Å². The van der Waals surface area contributed by atoms with Crippen molar-refractivity contribution in [1.82, 2.24) is 19.9 Å². The number of hydrogen-bond donors (Lipinski definition) is 4. The average molecular weight is 366 g/mol. The molecular weight excluding hydrogens is 346 g/mol.